The van der Waals surface area contributed by atoms with Gasteiger partial charge in [-0.25, -0.2) is 8.42 Å². The number of para-hydroxylation sites is 2. The van der Waals surface area contributed by atoms with E-state index in [2.05, 4.69) is 191 Å². The summed E-state index contributed by atoms with van der Waals surface area (Å²) in [6, 6.07) is 35.6. The third-order valence-electron chi connectivity index (χ3n) is 11.4. The lowest BCUT2D eigenvalue weighted by Gasteiger charge is -2.26. The molecule has 0 N–H and O–H groups in total. The van der Waals surface area contributed by atoms with E-state index >= 15 is 0 Å². The van der Waals surface area contributed by atoms with E-state index in [1.165, 1.54) is 73.3 Å². The Morgan fingerprint density at radius 2 is 1.02 bits per heavy atom. The van der Waals surface area contributed by atoms with Crippen molar-refractivity contribution < 1.29 is 26.1 Å². The predicted octanol–water partition coefficient (Wildman–Crippen LogP) is 11.7. The summed E-state index contributed by atoms with van der Waals surface area (Å²) in [6.45, 7) is 20.3. The van der Waals surface area contributed by atoms with Gasteiger partial charge in [0.05, 0.1) is 0 Å². The summed E-state index contributed by atoms with van der Waals surface area (Å²) < 4.78 is 61.4. The molecule has 0 bridgehead atoms. The van der Waals surface area contributed by atoms with Gasteiger partial charge in [-0.3, -0.25) is 0 Å². The van der Waals surface area contributed by atoms with Gasteiger partial charge in [0.1, 0.15) is 0 Å². The first-order chi connectivity index (χ1) is 27.3. The molecule has 10 heteroatoms. The molecule has 0 spiro atoms. The van der Waals surface area contributed by atoms with Crippen LogP contribution in [0.1, 0.15) is 76.6 Å². The van der Waals surface area contributed by atoms with Crippen LogP contribution in [0.25, 0.3) is 0 Å². The highest BCUT2D eigenvalue weighted by atomic mass is 32.2. The van der Waals surface area contributed by atoms with Crippen molar-refractivity contribution in [3.8, 4) is 0 Å². The molecule has 1 saturated carbocycles. The van der Waals surface area contributed by atoms with Crippen molar-refractivity contribution in [1.29, 1.82) is 0 Å². The van der Waals surface area contributed by atoms with E-state index in [1.807, 2.05) is 0 Å². The number of hydrogen-bond donors (Lipinski definition) is 0. The molecule has 1 fully saturated rings. The molecule has 0 amide bonds. The first kappa shape index (κ1) is 42.4. The Bertz CT molecular complexity index is 2310. The van der Waals surface area contributed by atoms with Gasteiger partial charge in [0, 0.05) is 82.1 Å². The molecule has 58 heavy (non-hydrogen) atoms. The van der Waals surface area contributed by atoms with Crippen LogP contribution in [0.4, 0.5) is 35.9 Å². The number of nitrogens with zero attached hydrogens (tertiary/aromatic N) is 3. The Balaban J connectivity index is 0.000000643. The largest absolute Gasteiger partial charge is 0.741 e. The van der Waals surface area contributed by atoms with E-state index in [0.29, 0.717) is 0 Å². The highest BCUT2D eigenvalue weighted by Crippen LogP contribution is 2.49. The summed E-state index contributed by atoms with van der Waals surface area (Å²) in [4.78, 5) is 5.02. The quantitative estimate of drug-likeness (QED) is 0.110. The third-order valence-corrected chi connectivity index (χ3v) is 12.0. The molecule has 4 aromatic carbocycles. The molecule has 0 radical (unpaired) electrons. The second-order valence-corrected chi connectivity index (χ2v) is 17.4. The molecule has 3 aliphatic rings. The van der Waals surface area contributed by atoms with Gasteiger partial charge < -0.3 is 14.4 Å². The zero-order chi connectivity index (χ0) is 42.2. The summed E-state index contributed by atoms with van der Waals surface area (Å²) in [5, 5.41) is 0. The SMILES string of the molecule is CCN1C(=CC=C2CCC(=C/C=C3/N(CC)c4ccc(C)cc4C3(C)C)C2=[N+](c2ccccc2)c2ccccc2)C(C)(C)c2cc(C)ccc21.O=S(=O)([O-])C(F)(F)F. The van der Waals surface area contributed by atoms with E-state index < -0.39 is 15.6 Å². The number of fused-ring (bicyclic) bond motifs is 2. The third kappa shape index (κ3) is 8.09. The van der Waals surface area contributed by atoms with E-state index in [-0.39, 0.29) is 10.8 Å². The minimum absolute atomic E-state index is 0.0835. The van der Waals surface area contributed by atoms with E-state index in [0.717, 1.165) is 25.9 Å². The van der Waals surface area contributed by atoms with Crippen molar-refractivity contribution >= 4 is 38.6 Å². The number of anilines is 2. The van der Waals surface area contributed by atoms with Gasteiger partial charge in [-0.15, -0.1) is 0 Å². The van der Waals surface area contributed by atoms with Gasteiger partial charge in [0.25, 0.3) is 0 Å². The Morgan fingerprint density at radius 3 is 1.34 bits per heavy atom. The lowest BCUT2D eigenvalue weighted by Crippen LogP contribution is -2.26. The number of alkyl halides is 3. The van der Waals surface area contributed by atoms with Crippen molar-refractivity contribution in [3.63, 3.8) is 0 Å². The van der Waals surface area contributed by atoms with E-state index in [9.17, 15) is 13.2 Å². The fourth-order valence-corrected chi connectivity index (χ4v) is 8.50. The zero-order valence-corrected chi connectivity index (χ0v) is 35.3. The second kappa shape index (κ2) is 16.2. The van der Waals surface area contributed by atoms with Crippen LogP contribution < -0.4 is 14.4 Å². The number of hydrogen-bond acceptors (Lipinski definition) is 5. The van der Waals surface area contributed by atoms with E-state index in [4.69, 9.17) is 13.0 Å². The standard InChI is InChI=1S/C47H52N3.CHF3O3S/c1-9-48-41-27-21-33(3)31-39(41)46(5,6)43(48)29-25-35-23-24-36(45(35)50(37-17-13-11-14-18-37)38-19-15-12-16-20-38)26-30-44-47(7,8)40-32-34(4)22-28-42(40)49(44)10-2;2-1(3,4)8(5,6)7/h11-22,25-32H,9-10,23-24H2,1-8H3;(H,5,6,7)/q+1;/p-1. The van der Waals surface area contributed by atoms with E-state index in [1.54, 1.807) is 0 Å². The maximum absolute atomic E-state index is 10.7. The molecule has 2 heterocycles. The van der Waals surface area contributed by atoms with Crippen LogP contribution in [-0.4, -0.2) is 37.3 Å². The molecular formula is C48H52F3N3O3S. The maximum atomic E-state index is 10.7. The van der Waals surface area contributed by atoms with Gasteiger partial charge in [0.15, 0.2) is 10.1 Å². The second-order valence-electron chi connectivity index (χ2n) is 16.0. The van der Waals surface area contributed by atoms with Crippen molar-refractivity contribution in [3.05, 3.63) is 166 Å². The van der Waals surface area contributed by atoms with Gasteiger partial charge in [-0.1, -0.05) is 112 Å². The Morgan fingerprint density at radius 1 is 0.655 bits per heavy atom. The molecule has 4 aromatic rings. The predicted molar refractivity (Wildman–Crippen MR) is 231 cm³/mol. The Kier molecular flexibility index (Phi) is 11.9. The molecule has 304 valence electrons. The summed E-state index contributed by atoms with van der Waals surface area (Å²) in [6.07, 6.45) is 11.7. The van der Waals surface area contributed by atoms with Crippen LogP contribution in [0.5, 0.6) is 0 Å². The maximum Gasteiger partial charge on any atom is 0.485 e. The summed E-state index contributed by atoms with van der Waals surface area (Å²) in [5.74, 6) is 0. The number of rotatable bonds is 6. The summed E-state index contributed by atoms with van der Waals surface area (Å²) >= 11 is 0. The van der Waals surface area contributed by atoms with Crippen LogP contribution in [-0.2, 0) is 20.9 Å². The summed E-state index contributed by atoms with van der Waals surface area (Å²) in [5.41, 5.74) is 11.4. The normalized spacial score (nSPS) is 19.8. The fourth-order valence-electron chi connectivity index (χ4n) is 8.50. The van der Waals surface area contributed by atoms with Crippen LogP contribution in [0.2, 0.25) is 0 Å². The van der Waals surface area contributed by atoms with Gasteiger partial charge in [-0.05, 0) is 75.9 Å². The monoisotopic (exact) mass is 807 g/mol. The number of likely N-dealkylation sites (N-methyl/N-ethyl adjacent to an activating group) is 2. The molecule has 0 atom stereocenters. The fraction of sp³-hybridized carbons (Fsp3) is 0.312. The topological polar surface area (TPSA) is 66.7 Å². The van der Waals surface area contributed by atoms with Crippen molar-refractivity contribution in [1.82, 2.24) is 4.58 Å². The minimum Gasteiger partial charge on any atom is -0.741 e. The average molecular weight is 808 g/mol. The molecule has 6 nitrogen and oxygen atoms in total. The molecular weight excluding hydrogens is 756 g/mol. The Labute approximate surface area is 341 Å². The molecule has 0 saturated heterocycles. The lowest BCUT2D eigenvalue weighted by molar-refractivity contribution is -0.0517. The number of halogens is 3. The van der Waals surface area contributed by atoms with Crippen molar-refractivity contribution in [2.24, 2.45) is 0 Å². The number of benzene rings is 4. The molecule has 1 aliphatic carbocycles. The first-order valence-corrected chi connectivity index (χ1v) is 21.1. The van der Waals surface area contributed by atoms with Gasteiger partial charge >= 0.3 is 5.51 Å². The highest BCUT2D eigenvalue weighted by molar-refractivity contribution is 7.86. The zero-order valence-electron chi connectivity index (χ0n) is 34.5. The number of allylic oxidation sites excluding steroid dienone is 8. The van der Waals surface area contributed by atoms with Crippen molar-refractivity contribution in [2.75, 3.05) is 22.9 Å². The van der Waals surface area contributed by atoms with Crippen LogP contribution >= 0.6 is 0 Å². The smallest absolute Gasteiger partial charge is 0.485 e. The van der Waals surface area contributed by atoms with Crippen LogP contribution in [0, 0.1) is 13.8 Å². The molecule has 2 aliphatic heterocycles. The summed E-state index contributed by atoms with van der Waals surface area (Å²) in [7, 11) is -6.09. The molecule has 0 unspecified atom stereocenters. The molecule has 7 rings (SSSR count). The Hall–Kier alpha value is -5.19. The van der Waals surface area contributed by atoms with Gasteiger partial charge in [0.2, 0.25) is 17.1 Å². The average Bonchev–Trinajstić information content (AvgIpc) is 3.73. The van der Waals surface area contributed by atoms with Crippen molar-refractivity contribution in [2.45, 2.75) is 84.6 Å². The lowest BCUT2D eigenvalue weighted by atomic mass is 9.83. The highest BCUT2D eigenvalue weighted by Gasteiger charge is 2.41. The number of aryl methyl sites for hydroxylation is 2. The first-order valence-electron chi connectivity index (χ1n) is 19.7. The minimum atomic E-state index is -6.09. The molecule has 0 aromatic heterocycles. The van der Waals surface area contributed by atoms with Crippen LogP contribution in [0.3, 0.4) is 0 Å². The van der Waals surface area contributed by atoms with Gasteiger partial charge in [-0.2, -0.15) is 17.7 Å². The van der Waals surface area contributed by atoms with Crippen LogP contribution in [0.15, 0.2) is 144 Å².